The van der Waals surface area contributed by atoms with Gasteiger partial charge in [0.1, 0.15) is 6.26 Å². The first kappa shape index (κ1) is 31.5. The molecular weight excluding hydrogens is 580 g/mol. The highest BCUT2D eigenvalue weighted by molar-refractivity contribution is 7.90. The maximum Gasteiger partial charge on any atom is 0.421 e. The second-order valence-electron chi connectivity index (χ2n) is 14.7. The number of nitrogens with zero attached hydrogens (tertiary/aromatic N) is 1. The number of aromatic nitrogens is 1. The largest absolute Gasteiger partial charge is 0.449 e. The van der Waals surface area contributed by atoms with Crippen molar-refractivity contribution in [3.63, 3.8) is 0 Å². The average molecular weight is 629 g/mol. The quantitative estimate of drug-likeness (QED) is 0.338. The third kappa shape index (κ3) is 5.28. The van der Waals surface area contributed by atoms with Crippen molar-refractivity contribution in [3.8, 4) is 11.5 Å². The van der Waals surface area contributed by atoms with Crippen molar-refractivity contribution < 1.29 is 32.6 Å². The smallest absolute Gasteiger partial charge is 0.421 e. The molecule has 1 heterocycles. The van der Waals surface area contributed by atoms with Crippen LogP contribution < -0.4 is 4.72 Å². The highest BCUT2D eigenvalue weighted by atomic mass is 32.2. The van der Waals surface area contributed by atoms with E-state index in [1.165, 1.54) is 24.6 Å². The van der Waals surface area contributed by atoms with Crippen molar-refractivity contribution in [2.45, 2.75) is 96.2 Å². The van der Waals surface area contributed by atoms with Gasteiger partial charge in [-0.1, -0.05) is 40.2 Å². The van der Waals surface area contributed by atoms with E-state index in [9.17, 15) is 23.4 Å². The minimum atomic E-state index is -4.15. The fourth-order valence-corrected chi connectivity index (χ4v) is 11.6. The van der Waals surface area contributed by atoms with Crippen molar-refractivity contribution in [1.82, 2.24) is 9.71 Å². The number of hydrogen-bond donors (Lipinski definition) is 3. The van der Waals surface area contributed by atoms with E-state index in [2.05, 4.69) is 37.4 Å². The summed E-state index contributed by atoms with van der Waals surface area (Å²) in [5.74, 6) is 2.30. The van der Waals surface area contributed by atoms with Crippen LogP contribution in [0.1, 0.15) is 79.1 Å². The van der Waals surface area contributed by atoms with Crippen LogP contribution in [0, 0.1) is 52.3 Å². The Bertz CT molecular complexity index is 1450. The lowest BCUT2D eigenvalue weighted by Gasteiger charge is -2.64. The summed E-state index contributed by atoms with van der Waals surface area (Å²) >= 11 is 0. The SMILES string of the molecule is CC[C@@H]1C2C[C@H](O)CCC2(C)[C@H]2CCC3(C)[C@@H]([C@H](C)COC(=O)NS(=O)(=O)c4cccc(-c5ncco5)c4)CC[C@H]3[C@H]2[C@@H]1O. The molecule has 9 nitrogen and oxygen atoms in total. The molecule has 11 atom stereocenters. The van der Waals surface area contributed by atoms with Crippen LogP contribution in [-0.4, -0.2) is 48.5 Å². The van der Waals surface area contributed by atoms with Crippen LogP contribution in [0.4, 0.5) is 4.79 Å². The summed E-state index contributed by atoms with van der Waals surface area (Å²) in [5, 5.41) is 22.5. The van der Waals surface area contributed by atoms with Gasteiger partial charge in [-0.05, 0) is 115 Å². The number of oxazole rings is 1. The number of benzene rings is 1. The van der Waals surface area contributed by atoms with E-state index in [1.807, 2.05) is 0 Å². The first-order valence-electron chi connectivity index (χ1n) is 16.4. The predicted molar refractivity (Wildman–Crippen MR) is 165 cm³/mol. The number of sulfonamides is 1. The van der Waals surface area contributed by atoms with E-state index in [4.69, 9.17) is 9.15 Å². The molecule has 6 rings (SSSR count). The van der Waals surface area contributed by atoms with Gasteiger partial charge in [-0.2, -0.15) is 0 Å². The fourth-order valence-electron chi connectivity index (χ4n) is 10.6. The number of amides is 1. The first-order valence-corrected chi connectivity index (χ1v) is 17.9. The van der Waals surface area contributed by atoms with Crippen LogP contribution in [0.5, 0.6) is 0 Å². The number of aliphatic hydroxyl groups is 2. The Morgan fingerprint density at radius 1 is 1.11 bits per heavy atom. The highest BCUT2D eigenvalue weighted by Gasteiger charge is 2.64. The summed E-state index contributed by atoms with van der Waals surface area (Å²) in [6.07, 6.45) is 9.09. The fraction of sp³-hybridized carbons (Fsp3) is 0.706. The molecule has 10 heteroatoms. The molecule has 4 fully saturated rings. The summed E-state index contributed by atoms with van der Waals surface area (Å²) < 4.78 is 38.8. The predicted octanol–water partition coefficient (Wildman–Crippen LogP) is 6.02. The number of aliphatic hydroxyl groups excluding tert-OH is 2. The molecule has 1 amide bonds. The maximum atomic E-state index is 13.0. The molecular formula is C34H48N2O7S. The van der Waals surface area contributed by atoms with Crippen LogP contribution in [0.2, 0.25) is 0 Å². The van der Waals surface area contributed by atoms with Gasteiger partial charge in [0.2, 0.25) is 5.89 Å². The van der Waals surface area contributed by atoms with Gasteiger partial charge < -0.3 is 19.4 Å². The summed E-state index contributed by atoms with van der Waals surface area (Å²) in [6.45, 7) is 9.22. The Labute approximate surface area is 261 Å². The van der Waals surface area contributed by atoms with Crippen molar-refractivity contribution in [2.75, 3.05) is 6.61 Å². The van der Waals surface area contributed by atoms with Crippen LogP contribution in [0.15, 0.2) is 46.0 Å². The Morgan fingerprint density at radius 3 is 2.59 bits per heavy atom. The molecule has 4 aliphatic rings. The lowest BCUT2D eigenvalue weighted by Crippen LogP contribution is -2.62. The molecule has 4 aliphatic carbocycles. The lowest BCUT2D eigenvalue weighted by atomic mass is 9.41. The highest BCUT2D eigenvalue weighted by Crippen LogP contribution is 2.69. The molecule has 3 N–H and O–H groups in total. The summed E-state index contributed by atoms with van der Waals surface area (Å²) in [4.78, 5) is 16.7. The summed E-state index contributed by atoms with van der Waals surface area (Å²) in [5.41, 5.74) is 0.650. The Hall–Kier alpha value is -2.43. The van der Waals surface area contributed by atoms with Gasteiger partial charge in [-0.3, -0.25) is 0 Å². The van der Waals surface area contributed by atoms with Gasteiger partial charge in [-0.15, -0.1) is 0 Å². The number of rotatable bonds is 7. The summed E-state index contributed by atoms with van der Waals surface area (Å²) in [6, 6.07) is 6.06. The van der Waals surface area contributed by atoms with E-state index >= 15 is 0 Å². The van der Waals surface area contributed by atoms with E-state index < -0.39 is 16.1 Å². The first-order chi connectivity index (χ1) is 20.9. The molecule has 0 saturated heterocycles. The zero-order chi connectivity index (χ0) is 31.4. The third-order valence-corrected chi connectivity index (χ3v) is 14.0. The molecule has 1 aromatic carbocycles. The number of carbonyl (C=O) groups is 1. The molecule has 0 aliphatic heterocycles. The minimum absolute atomic E-state index is 0.0173. The second kappa shape index (κ2) is 11.7. The number of fused-ring (bicyclic) bond motifs is 5. The van der Waals surface area contributed by atoms with Gasteiger partial charge in [0.15, 0.2) is 0 Å². The second-order valence-corrected chi connectivity index (χ2v) is 16.4. The van der Waals surface area contributed by atoms with Crippen molar-refractivity contribution in [2.24, 2.45) is 52.3 Å². The van der Waals surface area contributed by atoms with Gasteiger partial charge in [-0.25, -0.2) is 22.9 Å². The summed E-state index contributed by atoms with van der Waals surface area (Å²) in [7, 11) is -4.15. The third-order valence-electron chi connectivity index (χ3n) is 12.7. The molecule has 1 aromatic heterocycles. The van der Waals surface area contributed by atoms with Crippen LogP contribution in [0.3, 0.4) is 0 Å². The van der Waals surface area contributed by atoms with E-state index in [1.54, 1.807) is 12.1 Å². The van der Waals surface area contributed by atoms with E-state index in [-0.39, 0.29) is 58.2 Å². The number of hydrogen-bond acceptors (Lipinski definition) is 8. The van der Waals surface area contributed by atoms with Gasteiger partial charge in [0.05, 0.1) is 29.9 Å². The Balaban J connectivity index is 1.11. The van der Waals surface area contributed by atoms with Crippen molar-refractivity contribution >= 4 is 16.1 Å². The van der Waals surface area contributed by atoms with Gasteiger partial charge in [0.25, 0.3) is 10.0 Å². The van der Waals surface area contributed by atoms with E-state index in [0.717, 1.165) is 51.4 Å². The van der Waals surface area contributed by atoms with Crippen molar-refractivity contribution in [3.05, 3.63) is 36.7 Å². The molecule has 0 spiro atoms. The molecule has 0 bridgehead atoms. The molecule has 2 aromatic rings. The van der Waals surface area contributed by atoms with Gasteiger partial charge >= 0.3 is 6.09 Å². The zero-order valence-corrected chi connectivity index (χ0v) is 27.1. The normalized spacial score (nSPS) is 39.0. The minimum Gasteiger partial charge on any atom is -0.449 e. The van der Waals surface area contributed by atoms with E-state index in [0.29, 0.717) is 29.2 Å². The van der Waals surface area contributed by atoms with Crippen LogP contribution in [-0.2, 0) is 14.8 Å². The zero-order valence-electron chi connectivity index (χ0n) is 26.3. The standard InChI is InChI=1S/C34H48N2O7S/c1-5-24-28-18-22(37)11-13-34(28,4)27-12-14-33(3)25(9-10-26(33)29(27)30(24)38)20(2)19-43-32(39)36-44(40,41)23-8-6-7-21(17-23)31-35-15-16-42-31/h6-8,15-17,20,22,24-30,37-38H,5,9-14,18-19H2,1-4H3,(H,36,39)/t20-,22-,24-,25-,26+,27+,28?,29-,30-,33?,34?/m1/s1. The number of ether oxygens (including phenoxy) is 1. The Morgan fingerprint density at radius 2 is 1.86 bits per heavy atom. The molecule has 4 saturated carbocycles. The molecule has 3 unspecified atom stereocenters. The maximum absolute atomic E-state index is 13.0. The number of nitrogens with one attached hydrogen (secondary N) is 1. The lowest BCUT2D eigenvalue weighted by molar-refractivity contribution is -0.203. The topological polar surface area (TPSA) is 139 Å². The molecule has 0 radical (unpaired) electrons. The monoisotopic (exact) mass is 628 g/mol. The number of carbonyl (C=O) groups excluding carboxylic acids is 1. The Kier molecular flexibility index (Phi) is 8.42. The van der Waals surface area contributed by atoms with Crippen LogP contribution >= 0.6 is 0 Å². The van der Waals surface area contributed by atoms with Gasteiger partial charge in [0, 0.05) is 5.56 Å². The van der Waals surface area contributed by atoms with Crippen molar-refractivity contribution in [1.29, 1.82) is 0 Å². The van der Waals surface area contributed by atoms with Crippen LogP contribution in [0.25, 0.3) is 11.5 Å². The molecule has 44 heavy (non-hydrogen) atoms. The molecule has 242 valence electrons. The average Bonchev–Trinajstić information content (AvgIpc) is 3.65.